The Morgan fingerprint density at radius 2 is 1.45 bits per heavy atom. The SMILES string of the molecule is CCCCCOCCOCCOCCC(=C1CC1)N1CCN(CCCON)CC1. The van der Waals surface area contributed by atoms with Gasteiger partial charge in [-0.1, -0.05) is 25.3 Å². The molecule has 2 N–H and O–H groups in total. The van der Waals surface area contributed by atoms with Crippen molar-refractivity contribution < 1.29 is 19.0 Å². The van der Waals surface area contributed by atoms with Crippen molar-refractivity contribution in [3.05, 3.63) is 11.3 Å². The van der Waals surface area contributed by atoms with E-state index in [1.807, 2.05) is 0 Å². The average Bonchev–Trinajstić information content (AvgIpc) is 3.58. The zero-order valence-electron chi connectivity index (χ0n) is 18.5. The summed E-state index contributed by atoms with van der Waals surface area (Å²) in [5, 5.41) is 0. The summed E-state index contributed by atoms with van der Waals surface area (Å²) < 4.78 is 16.9. The molecule has 2 fully saturated rings. The third-order valence-corrected chi connectivity index (χ3v) is 5.52. The van der Waals surface area contributed by atoms with E-state index < -0.39 is 0 Å². The average molecular weight is 414 g/mol. The molecule has 0 aromatic rings. The van der Waals surface area contributed by atoms with Crippen LogP contribution in [-0.4, -0.2) is 88.8 Å². The molecule has 7 heteroatoms. The van der Waals surface area contributed by atoms with Crippen LogP contribution in [0.4, 0.5) is 0 Å². The molecule has 2 aliphatic rings. The smallest absolute Gasteiger partial charge is 0.0701 e. The van der Waals surface area contributed by atoms with Crippen LogP contribution in [-0.2, 0) is 19.0 Å². The van der Waals surface area contributed by atoms with Crippen molar-refractivity contribution in [1.29, 1.82) is 0 Å². The molecule has 2 rings (SSSR count). The van der Waals surface area contributed by atoms with Gasteiger partial charge in [-0.15, -0.1) is 0 Å². The van der Waals surface area contributed by atoms with Crippen LogP contribution in [0.5, 0.6) is 0 Å². The van der Waals surface area contributed by atoms with Crippen LogP contribution in [0, 0.1) is 0 Å². The zero-order chi connectivity index (χ0) is 20.6. The van der Waals surface area contributed by atoms with Crippen molar-refractivity contribution in [2.45, 2.75) is 51.9 Å². The summed E-state index contributed by atoms with van der Waals surface area (Å²) in [4.78, 5) is 9.75. The first-order valence-corrected chi connectivity index (χ1v) is 11.6. The first-order valence-electron chi connectivity index (χ1n) is 11.6. The van der Waals surface area contributed by atoms with Crippen LogP contribution in [0.1, 0.15) is 51.9 Å². The molecule has 1 saturated carbocycles. The highest BCUT2D eigenvalue weighted by molar-refractivity contribution is 5.25. The Morgan fingerprint density at radius 3 is 2.07 bits per heavy atom. The van der Waals surface area contributed by atoms with E-state index in [-0.39, 0.29) is 0 Å². The Hall–Kier alpha value is -0.700. The fourth-order valence-electron chi connectivity index (χ4n) is 3.69. The van der Waals surface area contributed by atoms with E-state index in [4.69, 9.17) is 20.1 Å². The molecule has 0 radical (unpaired) electrons. The van der Waals surface area contributed by atoms with E-state index in [9.17, 15) is 0 Å². The Bertz CT molecular complexity index is 434. The molecule has 0 aromatic heterocycles. The van der Waals surface area contributed by atoms with Gasteiger partial charge in [0.05, 0.1) is 39.6 Å². The maximum Gasteiger partial charge on any atom is 0.0701 e. The van der Waals surface area contributed by atoms with Crippen molar-refractivity contribution in [2.75, 3.05) is 79.0 Å². The molecule has 0 spiro atoms. The molecule has 1 aliphatic carbocycles. The van der Waals surface area contributed by atoms with Crippen LogP contribution >= 0.6 is 0 Å². The number of hydrogen-bond donors (Lipinski definition) is 1. The van der Waals surface area contributed by atoms with Gasteiger partial charge < -0.3 is 23.9 Å². The fraction of sp³-hybridized carbons (Fsp3) is 0.909. The topological polar surface area (TPSA) is 69.4 Å². The van der Waals surface area contributed by atoms with Crippen molar-refractivity contribution in [3.63, 3.8) is 0 Å². The summed E-state index contributed by atoms with van der Waals surface area (Å²) in [6.07, 6.45) is 8.19. The van der Waals surface area contributed by atoms with E-state index in [2.05, 4.69) is 21.6 Å². The molecule has 0 unspecified atom stereocenters. The van der Waals surface area contributed by atoms with Crippen molar-refractivity contribution in [2.24, 2.45) is 5.90 Å². The number of rotatable bonds is 18. The lowest BCUT2D eigenvalue weighted by Crippen LogP contribution is -2.46. The fourth-order valence-corrected chi connectivity index (χ4v) is 3.69. The molecule has 0 atom stereocenters. The van der Waals surface area contributed by atoms with E-state index >= 15 is 0 Å². The zero-order valence-corrected chi connectivity index (χ0v) is 18.5. The Morgan fingerprint density at radius 1 is 0.793 bits per heavy atom. The quantitative estimate of drug-likeness (QED) is 0.274. The first-order chi connectivity index (χ1) is 14.3. The molecule has 1 heterocycles. The van der Waals surface area contributed by atoms with Crippen LogP contribution in [0.2, 0.25) is 0 Å². The Kier molecular flexibility index (Phi) is 13.6. The summed E-state index contributed by atoms with van der Waals surface area (Å²) in [5.41, 5.74) is 3.17. The predicted octanol–water partition coefficient (Wildman–Crippen LogP) is 2.56. The van der Waals surface area contributed by atoms with Crippen molar-refractivity contribution in [3.8, 4) is 0 Å². The lowest BCUT2D eigenvalue weighted by Gasteiger charge is -2.37. The van der Waals surface area contributed by atoms with Gasteiger partial charge in [0, 0.05) is 51.4 Å². The van der Waals surface area contributed by atoms with Gasteiger partial charge in [-0.05, 0) is 25.7 Å². The lowest BCUT2D eigenvalue weighted by molar-refractivity contribution is 0.0134. The minimum Gasteiger partial charge on any atom is -0.379 e. The summed E-state index contributed by atoms with van der Waals surface area (Å²) in [6, 6.07) is 0. The van der Waals surface area contributed by atoms with E-state index in [0.717, 1.165) is 65.2 Å². The molecule has 170 valence electrons. The molecule has 0 aromatic carbocycles. The minimum atomic E-state index is 0.641. The van der Waals surface area contributed by atoms with E-state index in [0.29, 0.717) is 33.0 Å². The molecular formula is C22H43N3O4. The van der Waals surface area contributed by atoms with Crippen molar-refractivity contribution in [1.82, 2.24) is 9.80 Å². The minimum absolute atomic E-state index is 0.641. The molecule has 1 saturated heterocycles. The third kappa shape index (κ3) is 11.3. The summed E-state index contributed by atoms with van der Waals surface area (Å²) in [6.45, 7) is 12.7. The Balaban J connectivity index is 1.47. The molecule has 29 heavy (non-hydrogen) atoms. The van der Waals surface area contributed by atoms with Gasteiger partial charge in [0.15, 0.2) is 0 Å². The van der Waals surface area contributed by atoms with Gasteiger partial charge in [0.1, 0.15) is 0 Å². The van der Waals surface area contributed by atoms with Gasteiger partial charge >= 0.3 is 0 Å². The highest BCUT2D eigenvalue weighted by Crippen LogP contribution is 2.35. The van der Waals surface area contributed by atoms with E-state index in [1.54, 1.807) is 5.57 Å². The Labute approximate surface area is 177 Å². The van der Waals surface area contributed by atoms with Gasteiger partial charge in [0.25, 0.3) is 0 Å². The molecule has 0 amide bonds. The first kappa shape index (κ1) is 24.6. The van der Waals surface area contributed by atoms with Crippen molar-refractivity contribution >= 4 is 0 Å². The van der Waals surface area contributed by atoms with Crippen LogP contribution in [0.3, 0.4) is 0 Å². The molecule has 1 aliphatic heterocycles. The van der Waals surface area contributed by atoms with Crippen LogP contribution < -0.4 is 5.90 Å². The molecular weight excluding hydrogens is 370 g/mol. The number of piperazine rings is 1. The lowest BCUT2D eigenvalue weighted by atomic mass is 10.2. The number of unbranched alkanes of at least 4 members (excludes halogenated alkanes) is 2. The molecule has 7 nitrogen and oxygen atoms in total. The molecule has 0 bridgehead atoms. The number of ether oxygens (including phenoxy) is 3. The van der Waals surface area contributed by atoms with E-state index in [1.165, 1.54) is 31.4 Å². The number of nitrogens with two attached hydrogens (primary N) is 1. The maximum absolute atomic E-state index is 5.82. The van der Waals surface area contributed by atoms with Gasteiger partial charge in [0.2, 0.25) is 0 Å². The number of nitrogens with zero attached hydrogens (tertiary/aromatic N) is 2. The standard InChI is InChI=1S/C22H43N3O4/c1-2-3-4-14-26-17-19-28-20-18-27-16-8-22(21-6-7-21)25-12-10-24(11-13-25)9-5-15-29-23/h2-20,23H2,1H3. The van der Waals surface area contributed by atoms with Crippen LogP contribution in [0.15, 0.2) is 11.3 Å². The second-order valence-corrected chi connectivity index (χ2v) is 7.90. The van der Waals surface area contributed by atoms with Gasteiger partial charge in [-0.2, -0.15) is 0 Å². The van der Waals surface area contributed by atoms with Crippen LogP contribution in [0.25, 0.3) is 0 Å². The summed E-state index contributed by atoms with van der Waals surface area (Å²) in [5.74, 6) is 5.11. The number of hydrogen-bond acceptors (Lipinski definition) is 7. The van der Waals surface area contributed by atoms with Gasteiger partial charge in [-0.3, -0.25) is 4.90 Å². The number of allylic oxidation sites excluding steroid dienone is 1. The predicted molar refractivity (Wildman–Crippen MR) is 116 cm³/mol. The summed E-state index contributed by atoms with van der Waals surface area (Å²) >= 11 is 0. The largest absolute Gasteiger partial charge is 0.379 e. The second kappa shape index (κ2) is 16.1. The third-order valence-electron chi connectivity index (χ3n) is 5.52. The normalized spacial score (nSPS) is 17.2. The second-order valence-electron chi connectivity index (χ2n) is 7.90. The highest BCUT2D eigenvalue weighted by Gasteiger charge is 2.25. The van der Waals surface area contributed by atoms with Gasteiger partial charge in [-0.25, -0.2) is 5.90 Å². The summed E-state index contributed by atoms with van der Waals surface area (Å²) in [7, 11) is 0. The highest BCUT2D eigenvalue weighted by atomic mass is 16.6. The maximum atomic E-state index is 5.82. The monoisotopic (exact) mass is 413 g/mol.